The van der Waals surface area contributed by atoms with Gasteiger partial charge in [-0.05, 0) is 0 Å². The first-order valence-corrected chi connectivity index (χ1v) is 5.83. The van der Waals surface area contributed by atoms with Gasteiger partial charge in [0.1, 0.15) is 0 Å². The number of hydrogen-bond acceptors (Lipinski definition) is 2. The van der Waals surface area contributed by atoms with Crippen LogP contribution < -0.4 is 0 Å². The van der Waals surface area contributed by atoms with Crippen LogP contribution in [0.1, 0.15) is 0 Å². The van der Waals surface area contributed by atoms with Gasteiger partial charge in [-0.1, -0.05) is 46.4 Å². The summed E-state index contributed by atoms with van der Waals surface area (Å²) in [6.07, 6.45) is 0. The highest BCUT2D eigenvalue weighted by atomic mass is 35.5. The fourth-order valence-electron chi connectivity index (χ4n) is 0.266. The Labute approximate surface area is 94.6 Å². The molecule has 0 aliphatic rings. The number of alkyl halides is 5. The molecule has 0 bridgehead atoms. The summed E-state index contributed by atoms with van der Waals surface area (Å²) in [6, 6.07) is 0. The molecule has 0 aromatic heterocycles. The predicted octanol–water partition coefficient (Wildman–Crippen LogP) is 2.42. The fourth-order valence-corrected chi connectivity index (χ4v) is 1.85. The molecule has 0 unspecified atom stereocenters. The first-order chi connectivity index (χ1) is 5.06. The second-order valence-corrected chi connectivity index (χ2v) is 6.92. The van der Waals surface area contributed by atoms with Crippen LogP contribution in [0.25, 0.3) is 0 Å². The van der Waals surface area contributed by atoms with Crippen molar-refractivity contribution in [2.24, 2.45) is 0 Å². The Kier molecular flexibility index (Phi) is 4.28. The van der Waals surface area contributed by atoms with Gasteiger partial charge in [-0.15, -0.1) is 11.6 Å². The van der Waals surface area contributed by atoms with E-state index in [9.17, 15) is 8.42 Å². The van der Waals surface area contributed by atoms with Crippen LogP contribution >= 0.6 is 58.0 Å². The predicted molar refractivity (Wildman–Crippen MR) is 51.1 cm³/mol. The molecule has 74 valence electrons. The van der Waals surface area contributed by atoms with E-state index < -0.39 is 24.0 Å². The topological polar surface area (TPSA) is 54.4 Å². The largest absolute Gasteiger partial charge is 0.302 e. The highest BCUT2D eigenvalue weighted by molar-refractivity contribution is 7.90. The van der Waals surface area contributed by atoms with Gasteiger partial charge in [0.2, 0.25) is 0 Å². The van der Waals surface area contributed by atoms with E-state index in [1.807, 2.05) is 0 Å². The normalized spacial score (nSPS) is 14.8. The Balaban J connectivity index is 5.13. The van der Waals surface area contributed by atoms with Crippen LogP contribution in [0.3, 0.4) is 0 Å². The summed E-state index contributed by atoms with van der Waals surface area (Å²) in [5, 5.41) is 0. The van der Waals surface area contributed by atoms with Crippen LogP contribution in [-0.2, 0) is 10.1 Å². The summed E-state index contributed by atoms with van der Waals surface area (Å²) < 4.78 is 24.6. The molecule has 0 amide bonds. The van der Waals surface area contributed by atoms with E-state index in [1.165, 1.54) is 0 Å². The van der Waals surface area contributed by atoms with Crippen molar-refractivity contribution in [3.8, 4) is 0 Å². The van der Waals surface area contributed by atoms with Gasteiger partial charge in [-0.25, -0.2) is 0 Å². The third-order valence-electron chi connectivity index (χ3n) is 0.918. The number of halogens is 5. The zero-order valence-corrected chi connectivity index (χ0v) is 9.87. The van der Waals surface area contributed by atoms with Crippen molar-refractivity contribution in [1.82, 2.24) is 0 Å². The SMILES string of the molecule is O=S(=O)(O)C(Cl)(Cl)C(Cl)(Cl)CCl. The second-order valence-electron chi connectivity index (χ2n) is 1.83. The Bertz CT molecular complexity index is 257. The van der Waals surface area contributed by atoms with Crippen molar-refractivity contribution >= 4 is 68.1 Å². The molecular formula is C3H3Cl5O3S. The van der Waals surface area contributed by atoms with Crippen molar-refractivity contribution in [2.45, 2.75) is 8.00 Å². The van der Waals surface area contributed by atoms with Gasteiger partial charge in [0.05, 0.1) is 5.88 Å². The van der Waals surface area contributed by atoms with Crippen LogP contribution in [0.2, 0.25) is 0 Å². The van der Waals surface area contributed by atoms with Crippen LogP contribution in [0.15, 0.2) is 0 Å². The molecule has 0 aliphatic carbocycles. The van der Waals surface area contributed by atoms with Gasteiger partial charge >= 0.3 is 10.1 Å². The molecule has 0 saturated heterocycles. The summed E-state index contributed by atoms with van der Waals surface area (Å²) in [7, 11) is -4.79. The molecular weight excluding hydrogens is 293 g/mol. The lowest BCUT2D eigenvalue weighted by Crippen LogP contribution is -2.44. The summed E-state index contributed by atoms with van der Waals surface area (Å²) in [5.74, 6) is -0.553. The zero-order chi connectivity index (χ0) is 10.2. The van der Waals surface area contributed by atoms with Crippen molar-refractivity contribution in [1.29, 1.82) is 0 Å². The minimum atomic E-state index is -4.79. The molecule has 9 heteroatoms. The van der Waals surface area contributed by atoms with Gasteiger partial charge in [0, 0.05) is 0 Å². The van der Waals surface area contributed by atoms with Crippen molar-refractivity contribution in [3.63, 3.8) is 0 Å². The summed E-state index contributed by atoms with van der Waals surface area (Å²) in [5.41, 5.74) is 0. The third kappa shape index (κ3) is 2.44. The maximum atomic E-state index is 10.5. The first-order valence-electron chi connectivity index (χ1n) is 2.35. The summed E-state index contributed by atoms with van der Waals surface area (Å²) >= 11 is 26.2. The van der Waals surface area contributed by atoms with Crippen LogP contribution in [0, 0.1) is 0 Å². The van der Waals surface area contributed by atoms with Gasteiger partial charge in [-0.2, -0.15) is 8.42 Å². The Morgan fingerprint density at radius 1 is 1.17 bits per heavy atom. The average Bonchev–Trinajstić information content (AvgIpc) is 1.85. The summed E-state index contributed by atoms with van der Waals surface area (Å²) in [4.78, 5) is 0. The zero-order valence-electron chi connectivity index (χ0n) is 5.27. The highest BCUT2D eigenvalue weighted by Gasteiger charge is 2.56. The van der Waals surface area contributed by atoms with E-state index in [-0.39, 0.29) is 0 Å². The molecule has 0 radical (unpaired) electrons. The maximum Gasteiger partial charge on any atom is 0.302 e. The van der Waals surface area contributed by atoms with E-state index in [2.05, 4.69) is 0 Å². The number of rotatable bonds is 3. The van der Waals surface area contributed by atoms with E-state index >= 15 is 0 Å². The van der Waals surface area contributed by atoms with Gasteiger partial charge < -0.3 is 0 Å². The Morgan fingerprint density at radius 3 is 1.58 bits per heavy atom. The Hall–Kier alpha value is 1.36. The second kappa shape index (κ2) is 3.85. The molecule has 0 aliphatic heterocycles. The van der Waals surface area contributed by atoms with Crippen molar-refractivity contribution in [3.05, 3.63) is 0 Å². The molecule has 0 rings (SSSR count). The summed E-state index contributed by atoms with van der Waals surface area (Å²) in [6.45, 7) is 0. The molecule has 0 fully saturated rings. The van der Waals surface area contributed by atoms with E-state index in [0.717, 1.165) is 0 Å². The maximum absolute atomic E-state index is 10.5. The van der Waals surface area contributed by atoms with E-state index in [0.29, 0.717) is 0 Å². The van der Waals surface area contributed by atoms with Crippen LogP contribution in [-0.4, -0.2) is 26.8 Å². The smallest absolute Gasteiger partial charge is 0.283 e. The number of hydrogen-bond donors (Lipinski definition) is 1. The van der Waals surface area contributed by atoms with E-state index in [4.69, 9.17) is 62.6 Å². The molecule has 0 heterocycles. The molecule has 12 heavy (non-hydrogen) atoms. The molecule has 3 nitrogen and oxygen atoms in total. The van der Waals surface area contributed by atoms with Crippen LogP contribution in [0.5, 0.6) is 0 Å². The van der Waals surface area contributed by atoms with Crippen molar-refractivity contribution in [2.75, 3.05) is 5.88 Å². The minimum absolute atomic E-state index is 0.553. The molecule has 0 aromatic carbocycles. The minimum Gasteiger partial charge on any atom is -0.283 e. The van der Waals surface area contributed by atoms with Crippen molar-refractivity contribution < 1.29 is 13.0 Å². The highest BCUT2D eigenvalue weighted by Crippen LogP contribution is 2.46. The Morgan fingerprint density at radius 2 is 1.50 bits per heavy atom. The van der Waals surface area contributed by atoms with Gasteiger partial charge in [0.25, 0.3) is 3.67 Å². The average molecular weight is 296 g/mol. The lowest BCUT2D eigenvalue weighted by Gasteiger charge is -2.27. The van der Waals surface area contributed by atoms with E-state index in [1.54, 1.807) is 0 Å². The molecule has 0 saturated carbocycles. The van der Waals surface area contributed by atoms with Gasteiger partial charge in [-0.3, -0.25) is 4.55 Å². The molecule has 0 spiro atoms. The molecule has 0 aromatic rings. The third-order valence-corrected chi connectivity index (χ3v) is 5.85. The quantitative estimate of drug-likeness (QED) is 0.643. The lowest BCUT2D eigenvalue weighted by atomic mass is 10.5. The molecule has 1 N–H and O–H groups in total. The van der Waals surface area contributed by atoms with Crippen LogP contribution in [0.4, 0.5) is 0 Å². The molecule has 0 atom stereocenters. The standard InChI is InChI=1S/C3H3Cl5O3S/c4-1-2(5,6)3(7,8)12(9,10)11/h1H2,(H,9,10,11). The first kappa shape index (κ1) is 13.4. The van der Waals surface area contributed by atoms with Gasteiger partial charge in [0.15, 0.2) is 4.33 Å². The lowest BCUT2D eigenvalue weighted by molar-refractivity contribution is 0.471. The fraction of sp³-hybridized carbons (Fsp3) is 1.00. The monoisotopic (exact) mass is 294 g/mol.